The zero-order chi connectivity index (χ0) is 47.3. The molecular weight excluding hydrogens is 830 g/mol. The van der Waals surface area contributed by atoms with Gasteiger partial charge in [0, 0.05) is 19.6 Å². The predicted octanol–water partition coefficient (Wildman–Crippen LogP) is 17.3. The van der Waals surface area contributed by atoms with E-state index in [1.807, 2.05) is 0 Å². The molecule has 8 nitrogen and oxygen atoms in total. The molecule has 0 radical (unpaired) electrons. The molecule has 0 aliphatic heterocycles. The number of hydrogen-bond acceptors (Lipinski definition) is 7. The molecule has 2 atom stereocenters. The van der Waals surface area contributed by atoms with Crippen LogP contribution in [0.3, 0.4) is 0 Å². The second-order valence-corrected chi connectivity index (χ2v) is 19.5. The van der Waals surface area contributed by atoms with Gasteiger partial charge in [-0.25, -0.2) is 4.57 Å². The minimum absolute atomic E-state index is 0.0966. The Kier molecular flexibility index (Phi) is 51.7. The average Bonchev–Trinajstić information content (AvgIpc) is 3.30. The highest BCUT2D eigenvalue weighted by Crippen LogP contribution is 2.43. The normalized spacial score (nSPS) is 13.7. The van der Waals surface area contributed by atoms with Crippen molar-refractivity contribution >= 4 is 13.8 Å². The molecule has 0 aromatic heterocycles. The summed E-state index contributed by atoms with van der Waals surface area (Å²) in [6.07, 6.45) is 66.9. The standard InChI is InChI=1S/C56H104NO7P/c1-3-5-7-9-11-13-15-17-19-21-23-25-27-28-29-31-33-35-37-39-41-43-45-47-49-56(58)64-55(54-63-65(59,60)62-52-50-57)53-61-51-48-46-44-42-40-38-36-34-32-30-26-24-22-20-18-16-14-12-10-8-6-4-2/h6,8,12,14,18,20,24,26,32,34,55H,3-5,7,9-11,13,15-17,19,21-23,25,27-31,33,35-54,57H2,1-2H3,(H,59,60)/b8-6-,14-12-,20-18-,26-24-,34-32-. The molecule has 0 saturated carbocycles. The summed E-state index contributed by atoms with van der Waals surface area (Å²) in [6, 6.07) is 0. The Labute approximate surface area is 402 Å². The number of hydrogen-bond donors (Lipinski definition) is 2. The molecule has 2 unspecified atom stereocenters. The molecule has 9 heteroatoms. The zero-order valence-corrected chi connectivity index (χ0v) is 43.4. The van der Waals surface area contributed by atoms with Crippen molar-refractivity contribution in [3.8, 4) is 0 Å². The Morgan fingerprint density at radius 1 is 0.477 bits per heavy atom. The fourth-order valence-corrected chi connectivity index (χ4v) is 8.50. The molecule has 3 N–H and O–H groups in total. The van der Waals surface area contributed by atoms with Crippen molar-refractivity contribution in [1.29, 1.82) is 0 Å². The van der Waals surface area contributed by atoms with Crippen LogP contribution >= 0.6 is 7.82 Å². The number of unbranched alkanes of at least 4 members (excludes halogenated alkanes) is 29. The van der Waals surface area contributed by atoms with Crippen molar-refractivity contribution in [1.82, 2.24) is 0 Å². The summed E-state index contributed by atoms with van der Waals surface area (Å²) in [5, 5.41) is 0. The molecule has 380 valence electrons. The summed E-state index contributed by atoms with van der Waals surface area (Å²) in [6.45, 7) is 4.81. The van der Waals surface area contributed by atoms with Crippen LogP contribution in [0, 0.1) is 0 Å². The highest BCUT2D eigenvalue weighted by atomic mass is 31.2. The predicted molar refractivity (Wildman–Crippen MR) is 279 cm³/mol. The van der Waals surface area contributed by atoms with Crippen molar-refractivity contribution in [3.05, 3.63) is 60.8 Å². The van der Waals surface area contributed by atoms with Gasteiger partial charge in [-0.2, -0.15) is 0 Å². The largest absolute Gasteiger partial charge is 0.472 e. The quantitative estimate of drug-likeness (QED) is 0.0268. The van der Waals surface area contributed by atoms with Gasteiger partial charge in [-0.15, -0.1) is 0 Å². The van der Waals surface area contributed by atoms with Crippen LogP contribution in [0.5, 0.6) is 0 Å². The van der Waals surface area contributed by atoms with Gasteiger partial charge in [0.25, 0.3) is 0 Å². The van der Waals surface area contributed by atoms with E-state index in [-0.39, 0.29) is 32.3 Å². The van der Waals surface area contributed by atoms with Crippen LogP contribution in [0.4, 0.5) is 0 Å². The van der Waals surface area contributed by atoms with E-state index in [2.05, 4.69) is 74.6 Å². The van der Waals surface area contributed by atoms with Gasteiger partial charge in [-0.1, -0.05) is 248 Å². The fraction of sp³-hybridized carbons (Fsp3) is 0.804. The van der Waals surface area contributed by atoms with Crippen molar-refractivity contribution in [3.63, 3.8) is 0 Å². The van der Waals surface area contributed by atoms with Crippen LogP contribution in [0.15, 0.2) is 60.8 Å². The molecule has 0 aromatic rings. The maximum Gasteiger partial charge on any atom is 0.472 e. The van der Waals surface area contributed by atoms with Gasteiger partial charge in [0.15, 0.2) is 0 Å². The number of ether oxygens (including phenoxy) is 2. The molecule has 0 spiro atoms. The van der Waals surface area contributed by atoms with E-state index in [1.165, 1.54) is 154 Å². The van der Waals surface area contributed by atoms with Crippen molar-refractivity contribution in [2.75, 3.05) is 33.0 Å². The molecule has 0 heterocycles. The van der Waals surface area contributed by atoms with Crippen LogP contribution in [0.1, 0.15) is 251 Å². The SMILES string of the molecule is CC/C=C\C/C=C\C/C=C\C/C=C\C/C=C\CCCCCCCCOCC(COP(=O)(O)OCCN)OC(=O)CCCCCCCCCCCCCCCCCCCCCCCCCC. The topological polar surface area (TPSA) is 117 Å². The molecule has 0 aliphatic rings. The first-order valence-electron chi connectivity index (χ1n) is 27.3. The highest BCUT2D eigenvalue weighted by molar-refractivity contribution is 7.47. The van der Waals surface area contributed by atoms with Crippen LogP contribution < -0.4 is 5.73 Å². The average molecular weight is 934 g/mol. The van der Waals surface area contributed by atoms with Gasteiger partial charge in [0.1, 0.15) is 6.10 Å². The lowest BCUT2D eigenvalue weighted by Gasteiger charge is -2.20. The van der Waals surface area contributed by atoms with E-state index in [4.69, 9.17) is 24.3 Å². The van der Waals surface area contributed by atoms with Gasteiger partial charge >= 0.3 is 13.8 Å². The lowest BCUT2D eigenvalue weighted by molar-refractivity contribution is -0.154. The Morgan fingerprint density at radius 3 is 1.29 bits per heavy atom. The Morgan fingerprint density at radius 2 is 0.862 bits per heavy atom. The van der Waals surface area contributed by atoms with E-state index in [9.17, 15) is 14.3 Å². The third-order valence-electron chi connectivity index (χ3n) is 11.7. The summed E-state index contributed by atoms with van der Waals surface area (Å²) in [7, 11) is -4.29. The number of esters is 1. The summed E-state index contributed by atoms with van der Waals surface area (Å²) in [5.74, 6) is -0.332. The first kappa shape index (κ1) is 63.2. The highest BCUT2D eigenvalue weighted by Gasteiger charge is 2.25. The van der Waals surface area contributed by atoms with Crippen LogP contribution in [0.25, 0.3) is 0 Å². The third-order valence-corrected chi connectivity index (χ3v) is 12.7. The van der Waals surface area contributed by atoms with Crippen molar-refractivity contribution in [2.45, 2.75) is 258 Å². The van der Waals surface area contributed by atoms with E-state index in [0.29, 0.717) is 13.0 Å². The first-order valence-corrected chi connectivity index (χ1v) is 28.8. The molecule has 65 heavy (non-hydrogen) atoms. The van der Waals surface area contributed by atoms with Gasteiger partial charge in [0.05, 0.1) is 19.8 Å². The van der Waals surface area contributed by atoms with Crippen LogP contribution in [-0.4, -0.2) is 49.9 Å². The number of phosphoric ester groups is 1. The molecule has 0 fully saturated rings. The summed E-state index contributed by atoms with van der Waals surface area (Å²) in [4.78, 5) is 22.6. The Balaban J connectivity index is 3.93. The number of rotatable bonds is 52. The molecule has 0 rings (SSSR count). The fourth-order valence-electron chi connectivity index (χ4n) is 7.73. The van der Waals surface area contributed by atoms with Gasteiger partial charge < -0.3 is 20.1 Å². The Bertz CT molecular complexity index is 1190. The summed E-state index contributed by atoms with van der Waals surface area (Å²) < 4.78 is 33.6. The molecule has 0 aromatic carbocycles. The van der Waals surface area contributed by atoms with E-state index < -0.39 is 13.9 Å². The smallest absolute Gasteiger partial charge is 0.457 e. The lowest BCUT2D eigenvalue weighted by atomic mass is 10.0. The Hall–Kier alpha value is -1.80. The summed E-state index contributed by atoms with van der Waals surface area (Å²) in [5.41, 5.74) is 5.40. The van der Waals surface area contributed by atoms with Crippen LogP contribution in [0.2, 0.25) is 0 Å². The number of carbonyl (C=O) groups excluding carboxylic acids is 1. The van der Waals surface area contributed by atoms with E-state index >= 15 is 0 Å². The van der Waals surface area contributed by atoms with Crippen molar-refractivity contribution in [2.24, 2.45) is 5.73 Å². The number of phosphoric acid groups is 1. The number of allylic oxidation sites excluding steroid dienone is 10. The van der Waals surface area contributed by atoms with Crippen molar-refractivity contribution < 1.29 is 32.8 Å². The van der Waals surface area contributed by atoms with E-state index in [1.54, 1.807) is 0 Å². The third kappa shape index (κ3) is 53.0. The number of carbonyl (C=O) groups is 1. The zero-order valence-electron chi connectivity index (χ0n) is 42.5. The summed E-state index contributed by atoms with van der Waals surface area (Å²) >= 11 is 0. The monoisotopic (exact) mass is 934 g/mol. The number of nitrogens with two attached hydrogens (primary N) is 1. The molecule has 0 saturated heterocycles. The second-order valence-electron chi connectivity index (χ2n) is 18.1. The maximum absolute atomic E-state index is 12.7. The minimum Gasteiger partial charge on any atom is -0.457 e. The molecule has 0 bridgehead atoms. The van der Waals surface area contributed by atoms with E-state index in [0.717, 1.165) is 77.0 Å². The molecule has 0 aliphatic carbocycles. The molecular formula is C56H104NO7P. The van der Waals surface area contributed by atoms with Gasteiger partial charge in [0.2, 0.25) is 0 Å². The lowest BCUT2D eigenvalue weighted by Crippen LogP contribution is -2.28. The maximum atomic E-state index is 12.7. The van der Waals surface area contributed by atoms with Crippen LogP contribution in [-0.2, 0) is 27.9 Å². The second kappa shape index (κ2) is 53.2. The minimum atomic E-state index is -4.29. The molecule has 0 amide bonds. The van der Waals surface area contributed by atoms with Gasteiger partial charge in [-0.3, -0.25) is 13.8 Å². The first-order chi connectivity index (χ1) is 31.9. The van der Waals surface area contributed by atoms with Gasteiger partial charge in [-0.05, 0) is 57.8 Å².